The average molecular weight is 269 g/mol. The highest BCUT2D eigenvalue weighted by Gasteiger charge is 2.33. The minimum absolute atomic E-state index is 0.147. The Morgan fingerprint density at radius 2 is 2.21 bits per heavy atom. The van der Waals surface area contributed by atoms with Crippen LogP contribution in [-0.2, 0) is 18.4 Å². The number of rotatable bonds is 6. The molecule has 0 aromatic carbocycles. The molecule has 0 aliphatic carbocycles. The third-order valence-electron chi connectivity index (χ3n) is 2.67. The van der Waals surface area contributed by atoms with E-state index in [9.17, 15) is 9.59 Å². The van der Waals surface area contributed by atoms with Crippen LogP contribution < -0.4 is 10.6 Å². The van der Waals surface area contributed by atoms with E-state index in [0.717, 1.165) is 0 Å². The number of nitrogens with zero attached hydrogens (tertiary/aromatic N) is 3. The van der Waals surface area contributed by atoms with Crippen LogP contribution in [-0.4, -0.2) is 37.4 Å². The number of carboxylic acids is 1. The van der Waals surface area contributed by atoms with Crippen LogP contribution >= 0.6 is 0 Å². The van der Waals surface area contributed by atoms with Crippen LogP contribution in [0.4, 0.5) is 4.79 Å². The molecule has 0 radical (unpaired) electrons. The monoisotopic (exact) mass is 269 g/mol. The topological polar surface area (TPSA) is 109 Å². The first-order chi connectivity index (χ1) is 8.87. The molecule has 0 fully saturated rings. The molecule has 106 valence electrons. The van der Waals surface area contributed by atoms with Crippen molar-refractivity contribution < 1.29 is 14.7 Å². The molecule has 1 heterocycles. The number of aryl methyl sites for hydroxylation is 1. The number of aliphatic carboxylic acids is 1. The molecule has 1 aromatic rings. The van der Waals surface area contributed by atoms with Gasteiger partial charge in [0, 0.05) is 7.05 Å². The van der Waals surface area contributed by atoms with Crippen molar-refractivity contribution >= 4 is 12.0 Å². The van der Waals surface area contributed by atoms with Gasteiger partial charge in [0.1, 0.15) is 11.9 Å². The summed E-state index contributed by atoms with van der Waals surface area (Å²) in [5.41, 5.74) is -1.27. The van der Waals surface area contributed by atoms with E-state index in [0.29, 0.717) is 18.7 Å². The van der Waals surface area contributed by atoms with Crippen molar-refractivity contribution in [3.8, 4) is 0 Å². The van der Waals surface area contributed by atoms with E-state index in [1.807, 2.05) is 6.92 Å². The van der Waals surface area contributed by atoms with Crippen LogP contribution in [0.2, 0.25) is 0 Å². The number of amides is 2. The molecule has 3 N–H and O–H groups in total. The van der Waals surface area contributed by atoms with Gasteiger partial charge in [0.15, 0.2) is 5.82 Å². The summed E-state index contributed by atoms with van der Waals surface area (Å²) in [5.74, 6) is -0.592. The summed E-state index contributed by atoms with van der Waals surface area (Å²) in [6.45, 7) is 3.49. The van der Waals surface area contributed by atoms with Crippen molar-refractivity contribution in [2.75, 3.05) is 0 Å². The van der Waals surface area contributed by atoms with E-state index in [-0.39, 0.29) is 6.54 Å². The molecule has 8 heteroatoms. The summed E-state index contributed by atoms with van der Waals surface area (Å²) in [5, 5.41) is 18.1. The van der Waals surface area contributed by atoms with Gasteiger partial charge in [-0.2, -0.15) is 5.10 Å². The lowest BCUT2D eigenvalue weighted by Gasteiger charge is -2.25. The van der Waals surface area contributed by atoms with Gasteiger partial charge in [-0.15, -0.1) is 0 Å². The lowest BCUT2D eigenvalue weighted by atomic mass is 9.97. The predicted molar refractivity (Wildman–Crippen MR) is 67.3 cm³/mol. The van der Waals surface area contributed by atoms with E-state index in [1.54, 1.807) is 7.05 Å². The van der Waals surface area contributed by atoms with E-state index in [1.165, 1.54) is 17.9 Å². The Labute approximate surface area is 111 Å². The van der Waals surface area contributed by atoms with Crippen LogP contribution in [0.5, 0.6) is 0 Å². The first-order valence-corrected chi connectivity index (χ1v) is 6.01. The largest absolute Gasteiger partial charge is 0.480 e. The number of nitrogens with one attached hydrogen (secondary N) is 2. The zero-order chi connectivity index (χ0) is 14.5. The number of urea groups is 1. The third kappa shape index (κ3) is 4.23. The number of carbonyl (C=O) groups excluding carboxylic acids is 1. The minimum atomic E-state index is -1.27. The van der Waals surface area contributed by atoms with E-state index in [2.05, 4.69) is 20.7 Å². The van der Waals surface area contributed by atoms with Crippen LogP contribution in [0.3, 0.4) is 0 Å². The fourth-order valence-electron chi connectivity index (χ4n) is 1.64. The first kappa shape index (κ1) is 14.9. The first-order valence-electron chi connectivity index (χ1n) is 6.01. The van der Waals surface area contributed by atoms with E-state index >= 15 is 0 Å². The summed E-state index contributed by atoms with van der Waals surface area (Å²) in [6.07, 6.45) is 2.54. The van der Waals surface area contributed by atoms with E-state index in [4.69, 9.17) is 5.11 Å². The summed E-state index contributed by atoms with van der Waals surface area (Å²) >= 11 is 0. The number of hydrogen-bond acceptors (Lipinski definition) is 4. The fourth-order valence-corrected chi connectivity index (χ4v) is 1.64. The van der Waals surface area contributed by atoms with Crippen LogP contribution in [0.1, 0.15) is 32.5 Å². The van der Waals surface area contributed by atoms with Gasteiger partial charge in [0.05, 0.1) is 6.54 Å². The second kappa shape index (κ2) is 6.17. The Bertz CT molecular complexity index is 459. The van der Waals surface area contributed by atoms with Gasteiger partial charge >= 0.3 is 12.0 Å². The third-order valence-corrected chi connectivity index (χ3v) is 2.67. The molecule has 1 aromatic heterocycles. The van der Waals surface area contributed by atoms with Gasteiger partial charge < -0.3 is 15.7 Å². The molecule has 0 saturated heterocycles. The maximum absolute atomic E-state index is 11.7. The van der Waals surface area contributed by atoms with Crippen LogP contribution in [0, 0.1) is 0 Å². The molecule has 0 spiro atoms. The molecule has 1 rings (SSSR count). The summed E-state index contributed by atoms with van der Waals surface area (Å²) in [7, 11) is 1.72. The van der Waals surface area contributed by atoms with Crippen molar-refractivity contribution in [3.63, 3.8) is 0 Å². The second-order valence-corrected chi connectivity index (χ2v) is 4.53. The lowest BCUT2D eigenvalue weighted by Crippen LogP contribution is -2.55. The summed E-state index contributed by atoms with van der Waals surface area (Å²) < 4.78 is 1.52. The maximum atomic E-state index is 11.7. The van der Waals surface area contributed by atoms with Gasteiger partial charge in [-0.3, -0.25) is 4.68 Å². The highest BCUT2D eigenvalue weighted by Crippen LogP contribution is 2.12. The van der Waals surface area contributed by atoms with Gasteiger partial charge in [0.25, 0.3) is 0 Å². The normalized spacial score (nSPS) is 13.6. The molecule has 19 heavy (non-hydrogen) atoms. The molecule has 0 saturated carbocycles. The molecule has 8 nitrogen and oxygen atoms in total. The quantitative estimate of drug-likeness (QED) is 0.686. The van der Waals surface area contributed by atoms with Crippen molar-refractivity contribution in [2.45, 2.75) is 38.8 Å². The molecule has 0 aliphatic heterocycles. The molecular weight excluding hydrogens is 250 g/mol. The molecule has 0 bridgehead atoms. The lowest BCUT2D eigenvalue weighted by molar-refractivity contribution is -0.144. The smallest absolute Gasteiger partial charge is 0.329 e. The molecule has 0 aliphatic rings. The van der Waals surface area contributed by atoms with Crippen molar-refractivity contribution in [1.29, 1.82) is 0 Å². The fraction of sp³-hybridized carbons (Fsp3) is 0.636. The minimum Gasteiger partial charge on any atom is -0.480 e. The number of hydrogen-bond donors (Lipinski definition) is 3. The standard InChI is InChI=1S/C11H19N5O3/c1-4-5-11(2,9(17)18)14-10(19)12-6-8-13-7-16(3)15-8/h7H,4-6H2,1-3H3,(H,17,18)(H2,12,14,19). The maximum Gasteiger partial charge on any atom is 0.329 e. The molecular formula is C11H19N5O3. The number of carboxylic acid groups (broad SMARTS) is 1. The highest BCUT2D eigenvalue weighted by atomic mass is 16.4. The van der Waals surface area contributed by atoms with Crippen molar-refractivity contribution in [2.24, 2.45) is 7.05 Å². The Balaban J connectivity index is 2.51. The van der Waals surface area contributed by atoms with Gasteiger partial charge in [-0.05, 0) is 13.3 Å². The zero-order valence-electron chi connectivity index (χ0n) is 11.3. The molecule has 2 amide bonds. The highest BCUT2D eigenvalue weighted by molar-refractivity contribution is 5.85. The second-order valence-electron chi connectivity index (χ2n) is 4.53. The van der Waals surface area contributed by atoms with Crippen LogP contribution in [0.15, 0.2) is 6.33 Å². The average Bonchev–Trinajstić information content (AvgIpc) is 2.72. The molecule has 1 atom stereocenters. The van der Waals surface area contributed by atoms with E-state index < -0.39 is 17.5 Å². The Morgan fingerprint density at radius 1 is 1.53 bits per heavy atom. The van der Waals surface area contributed by atoms with Crippen molar-refractivity contribution in [3.05, 3.63) is 12.2 Å². The van der Waals surface area contributed by atoms with Crippen molar-refractivity contribution in [1.82, 2.24) is 25.4 Å². The van der Waals surface area contributed by atoms with Gasteiger partial charge in [-0.1, -0.05) is 13.3 Å². The Hall–Kier alpha value is -2.12. The summed E-state index contributed by atoms with van der Waals surface area (Å²) in [6, 6.07) is -0.550. The molecule has 1 unspecified atom stereocenters. The Morgan fingerprint density at radius 3 is 2.68 bits per heavy atom. The zero-order valence-corrected chi connectivity index (χ0v) is 11.3. The Kier molecular flexibility index (Phi) is 4.85. The summed E-state index contributed by atoms with van der Waals surface area (Å²) in [4.78, 5) is 26.8. The van der Waals surface area contributed by atoms with Crippen LogP contribution in [0.25, 0.3) is 0 Å². The van der Waals surface area contributed by atoms with Gasteiger partial charge in [-0.25, -0.2) is 14.6 Å². The number of aromatic nitrogens is 3. The SMILES string of the molecule is CCCC(C)(NC(=O)NCc1ncn(C)n1)C(=O)O. The van der Waals surface area contributed by atoms with Gasteiger partial charge in [0.2, 0.25) is 0 Å². The number of carbonyl (C=O) groups is 2. The predicted octanol–water partition coefficient (Wildman–Crippen LogP) is 0.258.